The highest BCUT2D eigenvalue weighted by Gasteiger charge is 2.43. The molecule has 0 fully saturated rings. The fraction of sp³-hybridized carbons (Fsp3) is 0.381. The van der Waals surface area contributed by atoms with E-state index in [9.17, 15) is 19.8 Å². The van der Waals surface area contributed by atoms with Crippen molar-refractivity contribution in [3.8, 4) is 11.5 Å². The van der Waals surface area contributed by atoms with Crippen LogP contribution in [0.5, 0.6) is 11.5 Å². The third kappa shape index (κ3) is 4.25. The predicted octanol–water partition coefficient (Wildman–Crippen LogP) is 3.76. The summed E-state index contributed by atoms with van der Waals surface area (Å²) in [5.74, 6) is -0.127. The van der Waals surface area contributed by atoms with E-state index in [1.54, 1.807) is 13.0 Å². The molecule has 2 heterocycles. The van der Waals surface area contributed by atoms with Gasteiger partial charge in [0, 0.05) is 11.9 Å². The van der Waals surface area contributed by atoms with Crippen LogP contribution in [0.4, 0.5) is 9.93 Å². The topological polar surface area (TPSA) is 112 Å². The van der Waals surface area contributed by atoms with Gasteiger partial charge in [-0.1, -0.05) is 6.08 Å². The number of nitrogens with zero attached hydrogens (tertiary/aromatic N) is 2. The van der Waals surface area contributed by atoms with Gasteiger partial charge >= 0.3 is 6.09 Å². The molecular formula is C21H25N3O5S. The second-order valence-corrected chi connectivity index (χ2v) is 8.19. The number of hydrogen-bond donors (Lipinski definition) is 3. The quantitative estimate of drug-likeness (QED) is 0.576. The Morgan fingerprint density at radius 2 is 2.23 bits per heavy atom. The average molecular weight is 432 g/mol. The number of hydrogen-bond acceptors (Lipinski definition) is 6. The van der Waals surface area contributed by atoms with E-state index < -0.39 is 11.6 Å². The number of carbonyl (C=O) groups is 2. The summed E-state index contributed by atoms with van der Waals surface area (Å²) in [5.41, 5.74) is 1.17. The van der Waals surface area contributed by atoms with E-state index in [0.29, 0.717) is 22.9 Å². The fourth-order valence-corrected chi connectivity index (χ4v) is 4.57. The first-order valence-electron chi connectivity index (χ1n) is 9.54. The molecule has 9 heteroatoms. The molecule has 1 aliphatic heterocycles. The number of benzene rings is 1. The van der Waals surface area contributed by atoms with Crippen LogP contribution in [-0.2, 0) is 23.2 Å². The van der Waals surface area contributed by atoms with E-state index in [-0.39, 0.29) is 24.6 Å². The fourth-order valence-electron chi connectivity index (χ4n) is 3.81. The first-order chi connectivity index (χ1) is 14.3. The van der Waals surface area contributed by atoms with Crippen LogP contribution < -0.4 is 10.1 Å². The van der Waals surface area contributed by atoms with Crippen molar-refractivity contribution in [3.63, 3.8) is 0 Å². The molecule has 1 aromatic carbocycles. The van der Waals surface area contributed by atoms with Gasteiger partial charge in [-0.25, -0.2) is 9.78 Å². The van der Waals surface area contributed by atoms with E-state index in [1.807, 2.05) is 11.5 Å². The molecule has 0 bridgehead atoms. The molecule has 2 amide bonds. The summed E-state index contributed by atoms with van der Waals surface area (Å²) in [6, 6.07) is 3.19. The lowest BCUT2D eigenvalue weighted by Crippen LogP contribution is -2.52. The zero-order valence-electron chi connectivity index (χ0n) is 17.0. The lowest BCUT2D eigenvalue weighted by atomic mass is 9.79. The lowest BCUT2D eigenvalue weighted by molar-refractivity contribution is -0.118. The summed E-state index contributed by atoms with van der Waals surface area (Å²) < 4.78 is 5.17. The molecule has 1 aliphatic rings. The van der Waals surface area contributed by atoms with E-state index in [1.165, 1.54) is 29.4 Å². The molecule has 0 unspecified atom stereocenters. The molecule has 1 aromatic heterocycles. The number of carbonyl (C=O) groups excluding carboxylic acids is 1. The Bertz CT molecular complexity index is 974. The van der Waals surface area contributed by atoms with Gasteiger partial charge in [0.15, 0.2) is 16.6 Å². The van der Waals surface area contributed by atoms with Crippen LogP contribution in [0.15, 0.2) is 30.2 Å². The van der Waals surface area contributed by atoms with Gasteiger partial charge < -0.3 is 20.3 Å². The van der Waals surface area contributed by atoms with Crippen LogP contribution in [0.1, 0.15) is 36.6 Å². The second-order valence-electron chi connectivity index (χ2n) is 7.34. The van der Waals surface area contributed by atoms with Crippen molar-refractivity contribution < 1.29 is 24.5 Å². The predicted molar refractivity (Wildman–Crippen MR) is 114 cm³/mol. The highest BCUT2D eigenvalue weighted by molar-refractivity contribution is 7.13. The second kappa shape index (κ2) is 8.74. The third-order valence-electron chi connectivity index (χ3n) is 5.32. The summed E-state index contributed by atoms with van der Waals surface area (Å²) in [6.07, 6.45) is 2.59. The first-order valence-corrected chi connectivity index (χ1v) is 10.4. The number of rotatable bonds is 7. The van der Waals surface area contributed by atoms with Gasteiger partial charge in [0.05, 0.1) is 24.8 Å². The van der Waals surface area contributed by atoms with E-state index >= 15 is 0 Å². The van der Waals surface area contributed by atoms with Crippen LogP contribution in [-0.4, -0.2) is 45.8 Å². The Morgan fingerprint density at radius 3 is 2.90 bits per heavy atom. The van der Waals surface area contributed by atoms with E-state index in [0.717, 1.165) is 24.1 Å². The molecular weight excluding hydrogens is 406 g/mol. The number of thiazole rings is 1. The summed E-state index contributed by atoms with van der Waals surface area (Å²) in [6.45, 7) is 5.62. The number of methoxy groups -OCH3 is 1. The number of carboxylic acid groups (broad SMARTS) is 1. The number of aryl methyl sites for hydroxylation is 1. The van der Waals surface area contributed by atoms with Gasteiger partial charge in [-0.15, -0.1) is 17.9 Å². The molecule has 3 rings (SSSR count). The van der Waals surface area contributed by atoms with Crippen LogP contribution >= 0.6 is 11.3 Å². The van der Waals surface area contributed by atoms with Crippen LogP contribution in [0.25, 0.3) is 0 Å². The van der Waals surface area contributed by atoms with Crippen molar-refractivity contribution in [2.24, 2.45) is 0 Å². The Hall–Kier alpha value is -3.07. The normalized spacial score (nSPS) is 17.9. The molecule has 30 heavy (non-hydrogen) atoms. The van der Waals surface area contributed by atoms with Crippen molar-refractivity contribution >= 4 is 28.5 Å². The van der Waals surface area contributed by atoms with Gasteiger partial charge in [-0.3, -0.25) is 9.69 Å². The highest BCUT2D eigenvalue weighted by atomic mass is 32.1. The molecule has 2 aromatic rings. The summed E-state index contributed by atoms with van der Waals surface area (Å²) in [4.78, 5) is 30.4. The molecule has 0 spiro atoms. The number of phenols is 1. The number of allylic oxidation sites excluding steroid dienone is 1. The molecule has 160 valence electrons. The summed E-state index contributed by atoms with van der Waals surface area (Å²) in [7, 11) is 1.46. The molecule has 8 nitrogen and oxygen atoms in total. The lowest BCUT2D eigenvalue weighted by Gasteiger charge is -2.44. The third-order valence-corrected chi connectivity index (χ3v) is 6.13. The number of aromatic hydroxyl groups is 1. The molecule has 1 atom stereocenters. The van der Waals surface area contributed by atoms with Gasteiger partial charge in [0.2, 0.25) is 5.91 Å². The number of fused-ring (bicyclic) bond motifs is 1. The monoisotopic (exact) mass is 431 g/mol. The maximum absolute atomic E-state index is 12.8. The Kier molecular flexibility index (Phi) is 6.31. The van der Waals surface area contributed by atoms with Crippen molar-refractivity contribution in [1.82, 2.24) is 9.88 Å². The van der Waals surface area contributed by atoms with Gasteiger partial charge in [-0.2, -0.15) is 0 Å². The molecule has 3 N–H and O–H groups in total. The van der Waals surface area contributed by atoms with E-state index in [4.69, 9.17) is 4.74 Å². The molecule has 0 aliphatic carbocycles. The number of ether oxygens (including phenoxy) is 1. The number of anilines is 1. The smallest absolute Gasteiger partial charge is 0.408 e. The number of phenolic OH excluding ortho intramolecular Hbond substituents is 1. The Labute approximate surface area is 178 Å². The summed E-state index contributed by atoms with van der Waals surface area (Å²) in [5, 5.41) is 25.1. The van der Waals surface area contributed by atoms with Crippen LogP contribution in [0, 0.1) is 0 Å². The Morgan fingerprint density at radius 1 is 1.47 bits per heavy atom. The largest absolute Gasteiger partial charge is 0.504 e. The minimum absolute atomic E-state index is 0.0955. The zero-order valence-corrected chi connectivity index (χ0v) is 17.8. The highest BCUT2D eigenvalue weighted by Crippen LogP contribution is 2.43. The van der Waals surface area contributed by atoms with Gasteiger partial charge in [0.1, 0.15) is 0 Å². The zero-order chi connectivity index (χ0) is 21.9. The van der Waals surface area contributed by atoms with Crippen molar-refractivity contribution in [2.45, 2.75) is 38.1 Å². The van der Waals surface area contributed by atoms with Crippen LogP contribution in [0.3, 0.4) is 0 Å². The van der Waals surface area contributed by atoms with Gasteiger partial charge in [0.25, 0.3) is 0 Å². The minimum Gasteiger partial charge on any atom is -0.504 e. The van der Waals surface area contributed by atoms with Crippen molar-refractivity contribution in [2.75, 3.05) is 19.0 Å². The molecule has 0 saturated carbocycles. The number of nitrogens with one attached hydrogen (secondary N) is 1. The summed E-state index contributed by atoms with van der Waals surface area (Å²) >= 11 is 1.33. The average Bonchev–Trinajstić information content (AvgIpc) is 3.13. The van der Waals surface area contributed by atoms with Crippen molar-refractivity contribution in [1.29, 1.82) is 0 Å². The SMILES string of the molecule is C=CCCc1csc(NC(=O)C[C@]2(C)c3cc(O)c(OC)cc3CCN2C(=O)O)n1. The van der Waals surface area contributed by atoms with Crippen molar-refractivity contribution in [3.05, 3.63) is 47.0 Å². The van der Waals surface area contributed by atoms with Crippen LogP contribution in [0.2, 0.25) is 0 Å². The number of aromatic nitrogens is 1. The van der Waals surface area contributed by atoms with E-state index in [2.05, 4.69) is 16.9 Å². The first kappa shape index (κ1) is 21.6. The maximum atomic E-state index is 12.8. The molecule has 0 radical (unpaired) electrons. The molecule has 0 saturated heterocycles. The Balaban J connectivity index is 1.87. The standard InChI is InChI=1S/C21H25N3O5S/c1-4-5-6-14-12-30-19(22-14)23-18(26)11-21(2)15-10-16(25)17(29-3)9-13(15)7-8-24(21)20(27)28/h4,9-10,12,25H,1,5-8,11H2,2-3H3,(H,27,28)(H,22,23,26)/t21-/m1/s1. The van der Waals surface area contributed by atoms with Gasteiger partial charge in [-0.05, 0) is 49.4 Å². The number of amides is 2. The minimum atomic E-state index is -1.14. The maximum Gasteiger partial charge on any atom is 0.408 e.